The molecule has 126 valence electrons. The highest BCUT2D eigenvalue weighted by Gasteiger charge is 2.22. The molecule has 0 fully saturated rings. The number of likely N-dealkylation sites (N-methyl/N-ethyl adjacent to an activating group) is 1. The zero-order valence-electron chi connectivity index (χ0n) is 14.7. The van der Waals surface area contributed by atoms with Gasteiger partial charge in [-0.25, -0.2) is 14.3 Å². The van der Waals surface area contributed by atoms with Crippen LogP contribution < -0.4 is 15.8 Å². The summed E-state index contributed by atoms with van der Waals surface area (Å²) < 4.78 is 3.47. The van der Waals surface area contributed by atoms with Crippen molar-refractivity contribution >= 4 is 22.2 Å². The highest BCUT2D eigenvalue weighted by molar-refractivity contribution is 5.80. The van der Waals surface area contributed by atoms with E-state index in [1.807, 2.05) is 38.6 Å². The average molecular weight is 328 g/mol. The van der Waals surface area contributed by atoms with Gasteiger partial charge in [0, 0.05) is 6.54 Å². The van der Waals surface area contributed by atoms with Crippen LogP contribution in [-0.2, 0) is 13.6 Å². The van der Waals surface area contributed by atoms with Gasteiger partial charge < -0.3 is 4.90 Å². The Balaban J connectivity index is 2.51. The number of nitrogens with one attached hydrogen (secondary N) is 1. The molecule has 7 heteroatoms. The molecular weight excluding hydrogens is 306 g/mol. The van der Waals surface area contributed by atoms with Crippen molar-refractivity contribution in [2.45, 2.75) is 20.4 Å². The van der Waals surface area contributed by atoms with Gasteiger partial charge in [0.2, 0.25) is 5.52 Å². The van der Waals surface area contributed by atoms with Gasteiger partial charge in [0.1, 0.15) is 12.1 Å². The number of H-pyrrole nitrogens is 1. The molecule has 0 saturated heterocycles. The van der Waals surface area contributed by atoms with Gasteiger partial charge in [-0.2, -0.15) is 4.57 Å². The van der Waals surface area contributed by atoms with Crippen LogP contribution in [0.3, 0.4) is 0 Å². The smallest absolute Gasteiger partial charge is 0.305 e. The third-order valence-corrected chi connectivity index (χ3v) is 4.41. The fraction of sp³-hybridized carbons (Fsp3) is 0.412. The van der Waals surface area contributed by atoms with Gasteiger partial charge >= 0.3 is 11.3 Å². The summed E-state index contributed by atoms with van der Waals surface area (Å²) in [5.74, 6) is 0. The predicted octanol–water partition coefficient (Wildman–Crippen LogP) is 0.241. The van der Waals surface area contributed by atoms with Crippen molar-refractivity contribution in [3.8, 4) is 0 Å². The molecule has 0 spiro atoms. The molecule has 2 aromatic heterocycles. The second-order valence-electron chi connectivity index (χ2n) is 6.48. The third-order valence-electron chi connectivity index (χ3n) is 4.41. The predicted molar refractivity (Wildman–Crippen MR) is 93.3 cm³/mol. The molecular formula is C17H22N5O2+. The maximum atomic E-state index is 12.3. The Bertz CT molecular complexity index is 1060. The SMILES string of the molecule is Cc1cc2nc3c(=O)[nH]c(=O)n(C)c3[n+](CCN(C)C)c2cc1C. The van der Waals surface area contributed by atoms with Crippen LogP contribution in [0.15, 0.2) is 21.7 Å². The van der Waals surface area contributed by atoms with Crippen molar-refractivity contribution in [2.24, 2.45) is 7.05 Å². The molecule has 0 aliphatic heterocycles. The van der Waals surface area contributed by atoms with E-state index >= 15 is 0 Å². The Labute approximate surface area is 139 Å². The van der Waals surface area contributed by atoms with E-state index in [9.17, 15) is 9.59 Å². The van der Waals surface area contributed by atoms with E-state index in [2.05, 4.69) is 20.9 Å². The molecule has 3 aromatic rings. The van der Waals surface area contributed by atoms with Crippen LogP contribution in [0.2, 0.25) is 0 Å². The first kappa shape index (κ1) is 16.3. The van der Waals surface area contributed by atoms with Crippen molar-refractivity contribution in [3.05, 3.63) is 44.1 Å². The van der Waals surface area contributed by atoms with Gasteiger partial charge in [-0.05, 0) is 51.2 Å². The molecule has 0 saturated carbocycles. The van der Waals surface area contributed by atoms with Gasteiger partial charge in [-0.15, -0.1) is 0 Å². The summed E-state index contributed by atoms with van der Waals surface area (Å²) in [5, 5.41) is 0. The van der Waals surface area contributed by atoms with E-state index in [0.717, 1.165) is 28.7 Å². The quantitative estimate of drug-likeness (QED) is 0.552. The van der Waals surface area contributed by atoms with E-state index in [-0.39, 0.29) is 5.52 Å². The molecule has 24 heavy (non-hydrogen) atoms. The zero-order valence-corrected chi connectivity index (χ0v) is 14.7. The summed E-state index contributed by atoms with van der Waals surface area (Å²) >= 11 is 0. The fourth-order valence-corrected chi connectivity index (χ4v) is 2.86. The minimum absolute atomic E-state index is 0.284. The number of aromatic nitrogens is 4. The number of aryl methyl sites for hydroxylation is 3. The van der Waals surface area contributed by atoms with E-state index in [0.29, 0.717) is 12.2 Å². The first-order valence-electron chi connectivity index (χ1n) is 7.88. The molecule has 2 heterocycles. The van der Waals surface area contributed by atoms with Crippen molar-refractivity contribution in [1.29, 1.82) is 0 Å². The van der Waals surface area contributed by atoms with Crippen LogP contribution in [0.5, 0.6) is 0 Å². The van der Waals surface area contributed by atoms with Crippen LogP contribution in [0, 0.1) is 13.8 Å². The number of aromatic amines is 1. The average Bonchev–Trinajstić information content (AvgIpc) is 2.51. The van der Waals surface area contributed by atoms with Crippen LogP contribution in [-0.4, -0.2) is 40.1 Å². The molecule has 0 unspecified atom stereocenters. The third kappa shape index (κ3) is 2.60. The summed E-state index contributed by atoms with van der Waals surface area (Å²) in [4.78, 5) is 33.3. The lowest BCUT2D eigenvalue weighted by Gasteiger charge is -2.13. The summed E-state index contributed by atoms with van der Waals surface area (Å²) in [6.45, 7) is 5.51. The number of hydrogen-bond acceptors (Lipinski definition) is 4. The monoisotopic (exact) mass is 328 g/mol. The molecule has 0 bridgehead atoms. The van der Waals surface area contributed by atoms with Gasteiger partial charge in [0.25, 0.3) is 5.56 Å². The number of nitrogens with zero attached hydrogens (tertiary/aromatic N) is 4. The number of rotatable bonds is 3. The fourth-order valence-electron chi connectivity index (χ4n) is 2.86. The van der Waals surface area contributed by atoms with Gasteiger partial charge in [-0.1, -0.05) is 0 Å². The largest absolute Gasteiger partial charge is 0.415 e. The summed E-state index contributed by atoms with van der Waals surface area (Å²) in [6, 6.07) is 4.05. The van der Waals surface area contributed by atoms with E-state index in [1.54, 1.807) is 7.05 Å². The lowest BCUT2D eigenvalue weighted by molar-refractivity contribution is -0.648. The second-order valence-corrected chi connectivity index (χ2v) is 6.48. The molecule has 1 N–H and O–H groups in total. The normalized spacial score (nSPS) is 11.8. The maximum absolute atomic E-state index is 12.3. The van der Waals surface area contributed by atoms with Crippen LogP contribution in [0.25, 0.3) is 22.2 Å². The van der Waals surface area contributed by atoms with Gasteiger partial charge in [0.15, 0.2) is 5.52 Å². The Morgan fingerprint density at radius 1 is 1.21 bits per heavy atom. The molecule has 0 amide bonds. The maximum Gasteiger partial charge on any atom is 0.415 e. The van der Waals surface area contributed by atoms with Crippen LogP contribution >= 0.6 is 0 Å². The van der Waals surface area contributed by atoms with Gasteiger partial charge in [0.05, 0.1) is 7.05 Å². The van der Waals surface area contributed by atoms with Crippen LogP contribution in [0.1, 0.15) is 11.1 Å². The minimum Gasteiger partial charge on any atom is -0.305 e. The van der Waals surface area contributed by atoms with E-state index in [4.69, 9.17) is 0 Å². The highest BCUT2D eigenvalue weighted by Crippen LogP contribution is 2.16. The second kappa shape index (κ2) is 5.83. The molecule has 0 aliphatic carbocycles. The molecule has 1 aromatic carbocycles. The summed E-state index contributed by atoms with van der Waals surface area (Å²) in [5.41, 5.74) is 3.89. The van der Waals surface area contributed by atoms with Gasteiger partial charge in [-0.3, -0.25) is 9.78 Å². The lowest BCUT2D eigenvalue weighted by Crippen LogP contribution is -2.46. The molecule has 0 radical (unpaired) electrons. The Morgan fingerprint density at radius 3 is 2.54 bits per heavy atom. The highest BCUT2D eigenvalue weighted by atomic mass is 16.2. The number of benzene rings is 1. The molecule has 0 aliphatic rings. The summed E-state index contributed by atoms with van der Waals surface area (Å²) in [7, 11) is 5.64. The van der Waals surface area contributed by atoms with Crippen molar-refractivity contribution in [2.75, 3.05) is 20.6 Å². The Kier molecular flexibility index (Phi) is 3.96. The molecule has 3 rings (SSSR count). The number of fused-ring (bicyclic) bond motifs is 2. The summed E-state index contributed by atoms with van der Waals surface area (Å²) in [6.07, 6.45) is 0. The molecule has 0 atom stereocenters. The first-order valence-corrected chi connectivity index (χ1v) is 7.88. The number of hydrogen-bond donors (Lipinski definition) is 1. The van der Waals surface area contributed by atoms with Crippen LogP contribution in [0.4, 0.5) is 0 Å². The first-order chi connectivity index (χ1) is 11.3. The van der Waals surface area contributed by atoms with E-state index in [1.165, 1.54) is 4.57 Å². The van der Waals surface area contributed by atoms with Crippen molar-refractivity contribution < 1.29 is 4.57 Å². The van der Waals surface area contributed by atoms with E-state index < -0.39 is 11.2 Å². The van der Waals surface area contributed by atoms with Crippen molar-refractivity contribution in [1.82, 2.24) is 19.4 Å². The standard InChI is InChI=1S/C17H21N5O2/c1-10-8-12-13(9-11(10)2)22(7-6-20(3)4)16-14(18-12)15(23)19-17(24)21(16)5/h8-9H,6-7H2,1-5H3/p+1. The zero-order chi connectivity index (χ0) is 17.6. The molecule has 7 nitrogen and oxygen atoms in total. The topological polar surface area (TPSA) is 74.9 Å². The Morgan fingerprint density at radius 2 is 1.88 bits per heavy atom. The van der Waals surface area contributed by atoms with Crippen molar-refractivity contribution in [3.63, 3.8) is 0 Å². The Hall–Kier alpha value is -2.54. The minimum atomic E-state index is -0.452. The lowest BCUT2D eigenvalue weighted by atomic mass is 10.1.